The fraction of sp³-hybridized carbons (Fsp3) is 0.571. The zero-order valence-corrected chi connectivity index (χ0v) is 10.2. The van der Waals surface area contributed by atoms with Crippen molar-refractivity contribution < 1.29 is 5.11 Å². The van der Waals surface area contributed by atoms with Crippen LogP contribution in [0.1, 0.15) is 43.9 Å². The molecule has 0 saturated heterocycles. The molecule has 88 valence electrons. The van der Waals surface area contributed by atoms with Gasteiger partial charge in [0.2, 0.25) is 0 Å². The van der Waals surface area contributed by atoms with Gasteiger partial charge >= 0.3 is 0 Å². The van der Waals surface area contributed by atoms with Crippen molar-refractivity contribution in [1.29, 1.82) is 0 Å². The van der Waals surface area contributed by atoms with Gasteiger partial charge in [-0.1, -0.05) is 24.3 Å². The van der Waals surface area contributed by atoms with Crippen molar-refractivity contribution >= 4 is 0 Å². The van der Waals surface area contributed by atoms with Crippen LogP contribution in [0.15, 0.2) is 24.3 Å². The Morgan fingerprint density at radius 2 is 2.12 bits per heavy atom. The standard InChI is InChI=1S/C14H21NO/c1-14(2,16)10-15-13-9-5-7-11-6-3-4-8-12(11)13/h3-4,6,8,13,15-16H,5,7,9-10H2,1-2H3. The van der Waals surface area contributed by atoms with Crippen LogP contribution in [-0.4, -0.2) is 17.3 Å². The van der Waals surface area contributed by atoms with Gasteiger partial charge in [0.05, 0.1) is 5.60 Å². The van der Waals surface area contributed by atoms with Crippen molar-refractivity contribution in [3.8, 4) is 0 Å². The molecule has 2 N–H and O–H groups in total. The van der Waals surface area contributed by atoms with Gasteiger partial charge in [0.25, 0.3) is 0 Å². The number of aryl methyl sites for hydroxylation is 1. The van der Waals surface area contributed by atoms with Gasteiger partial charge in [-0.3, -0.25) is 0 Å². The Morgan fingerprint density at radius 3 is 2.88 bits per heavy atom. The Morgan fingerprint density at radius 1 is 1.38 bits per heavy atom. The molecule has 0 spiro atoms. The third kappa shape index (κ3) is 2.83. The fourth-order valence-electron chi connectivity index (χ4n) is 2.34. The first kappa shape index (κ1) is 11.6. The second-order valence-corrected chi connectivity index (χ2v) is 5.34. The maximum atomic E-state index is 9.73. The molecule has 2 nitrogen and oxygen atoms in total. The molecule has 2 heteroatoms. The van der Waals surface area contributed by atoms with Gasteiger partial charge in [-0.2, -0.15) is 0 Å². The molecule has 1 aromatic rings. The van der Waals surface area contributed by atoms with Crippen LogP contribution in [0.3, 0.4) is 0 Å². The lowest BCUT2D eigenvalue weighted by Crippen LogP contribution is -2.37. The molecule has 0 aliphatic heterocycles. The SMILES string of the molecule is CC(C)(O)CNC1CCCc2ccccc21. The highest BCUT2D eigenvalue weighted by atomic mass is 16.3. The number of hydrogen-bond donors (Lipinski definition) is 2. The molecule has 1 atom stereocenters. The monoisotopic (exact) mass is 219 g/mol. The van der Waals surface area contributed by atoms with Gasteiger partial charge in [0.15, 0.2) is 0 Å². The Hall–Kier alpha value is -0.860. The van der Waals surface area contributed by atoms with Crippen molar-refractivity contribution in [1.82, 2.24) is 5.32 Å². The van der Waals surface area contributed by atoms with Gasteiger partial charge in [0.1, 0.15) is 0 Å². The third-order valence-corrected chi connectivity index (χ3v) is 3.15. The maximum Gasteiger partial charge on any atom is 0.0715 e. The number of aliphatic hydroxyl groups is 1. The molecule has 0 amide bonds. The van der Waals surface area contributed by atoms with E-state index in [1.165, 1.54) is 30.4 Å². The van der Waals surface area contributed by atoms with E-state index in [4.69, 9.17) is 0 Å². The third-order valence-electron chi connectivity index (χ3n) is 3.15. The second-order valence-electron chi connectivity index (χ2n) is 5.34. The van der Waals surface area contributed by atoms with Gasteiger partial charge < -0.3 is 10.4 Å². The van der Waals surface area contributed by atoms with Crippen LogP contribution in [0.25, 0.3) is 0 Å². The molecule has 1 aliphatic rings. The molecule has 1 aromatic carbocycles. The van der Waals surface area contributed by atoms with Gasteiger partial charge in [0, 0.05) is 12.6 Å². The van der Waals surface area contributed by atoms with Crippen LogP contribution in [0.5, 0.6) is 0 Å². The van der Waals surface area contributed by atoms with Crippen LogP contribution in [-0.2, 0) is 6.42 Å². The molecular weight excluding hydrogens is 198 g/mol. The molecule has 0 bridgehead atoms. The molecule has 0 radical (unpaired) electrons. The Labute approximate surface area is 97.7 Å². The van der Waals surface area contributed by atoms with Crippen LogP contribution >= 0.6 is 0 Å². The van der Waals surface area contributed by atoms with Crippen molar-refractivity contribution in [3.05, 3.63) is 35.4 Å². The summed E-state index contributed by atoms with van der Waals surface area (Å²) in [6.45, 7) is 4.33. The molecule has 2 rings (SSSR count). The normalized spacial score (nSPS) is 20.6. The zero-order valence-electron chi connectivity index (χ0n) is 10.2. The highest BCUT2D eigenvalue weighted by Crippen LogP contribution is 2.29. The molecular formula is C14H21NO. The van der Waals surface area contributed by atoms with E-state index >= 15 is 0 Å². The van der Waals surface area contributed by atoms with E-state index in [9.17, 15) is 5.11 Å². The average Bonchev–Trinajstić information content (AvgIpc) is 2.25. The van der Waals surface area contributed by atoms with Crippen molar-refractivity contribution in [2.45, 2.75) is 44.8 Å². The molecule has 0 heterocycles. The highest BCUT2D eigenvalue weighted by Gasteiger charge is 2.21. The molecule has 16 heavy (non-hydrogen) atoms. The summed E-state index contributed by atoms with van der Waals surface area (Å²) in [4.78, 5) is 0. The summed E-state index contributed by atoms with van der Waals surface area (Å²) in [6.07, 6.45) is 3.60. The summed E-state index contributed by atoms with van der Waals surface area (Å²) >= 11 is 0. The number of fused-ring (bicyclic) bond motifs is 1. The fourth-order valence-corrected chi connectivity index (χ4v) is 2.34. The van der Waals surface area contributed by atoms with E-state index < -0.39 is 5.60 Å². The van der Waals surface area contributed by atoms with Gasteiger partial charge in [-0.05, 0) is 44.2 Å². The smallest absolute Gasteiger partial charge is 0.0715 e. The molecule has 1 aliphatic carbocycles. The van der Waals surface area contributed by atoms with E-state index in [2.05, 4.69) is 29.6 Å². The first-order valence-electron chi connectivity index (χ1n) is 6.10. The Balaban J connectivity index is 2.07. The van der Waals surface area contributed by atoms with Crippen molar-refractivity contribution in [2.75, 3.05) is 6.54 Å². The lowest BCUT2D eigenvalue weighted by molar-refractivity contribution is 0.0756. The topological polar surface area (TPSA) is 32.3 Å². The quantitative estimate of drug-likeness (QED) is 0.818. The lowest BCUT2D eigenvalue weighted by Gasteiger charge is -2.29. The van der Waals surface area contributed by atoms with Crippen molar-refractivity contribution in [3.63, 3.8) is 0 Å². The lowest BCUT2D eigenvalue weighted by atomic mass is 9.87. The molecule has 0 saturated carbocycles. The number of hydrogen-bond acceptors (Lipinski definition) is 2. The summed E-state index contributed by atoms with van der Waals surface area (Å²) < 4.78 is 0. The summed E-state index contributed by atoms with van der Waals surface area (Å²) in [5, 5.41) is 13.2. The van der Waals surface area contributed by atoms with Gasteiger partial charge in [-0.15, -0.1) is 0 Å². The van der Waals surface area contributed by atoms with Crippen LogP contribution in [0.2, 0.25) is 0 Å². The predicted octanol–water partition coefficient (Wildman–Crippen LogP) is 2.42. The summed E-state index contributed by atoms with van der Waals surface area (Å²) in [5.74, 6) is 0. The molecule has 1 unspecified atom stereocenters. The second kappa shape index (κ2) is 4.56. The number of rotatable bonds is 3. The first-order valence-corrected chi connectivity index (χ1v) is 6.10. The van der Waals surface area contributed by atoms with Crippen LogP contribution < -0.4 is 5.32 Å². The average molecular weight is 219 g/mol. The van der Waals surface area contributed by atoms with E-state index in [-0.39, 0.29) is 0 Å². The van der Waals surface area contributed by atoms with Crippen LogP contribution in [0.4, 0.5) is 0 Å². The maximum absolute atomic E-state index is 9.73. The minimum atomic E-state index is -0.633. The van der Waals surface area contributed by atoms with E-state index in [0.29, 0.717) is 12.6 Å². The van der Waals surface area contributed by atoms with Crippen molar-refractivity contribution in [2.24, 2.45) is 0 Å². The van der Waals surface area contributed by atoms with E-state index in [0.717, 1.165) is 0 Å². The predicted molar refractivity (Wildman–Crippen MR) is 66.4 cm³/mol. The van der Waals surface area contributed by atoms with E-state index in [1.54, 1.807) is 0 Å². The summed E-state index contributed by atoms with van der Waals surface area (Å²) in [7, 11) is 0. The molecule has 0 aromatic heterocycles. The van der Waals surface area contributed by atoms with E-state index in [1.807, 2.05) is 13.8 Å². The number of benzene rings is 1. The molecule has 0 fully saturated rings. The largest absolute Gasteiger partial charge is 0.389 e. The summed E-state index contributed by atoms with van der Waals surface area (Å²) in [6, 6.07) is 9.04. The highest BCUT2D eigenvalue weighted by molar-refractivity contribution is 5.32. The van der Waals surface area contributed by atoms with Crippen LogP contribution in [0, 0.1) is 0 Å². The minimum Gasteiger partial charge on any atom is -0.389 e. The minimum absolute atomic E-state index is 0.413. The Kier molecular flexibility index (Phi) is 3.31. The zero-order chi connectivity index (χ0) is 11.6. The van der Waals surface area contributed by atoms with Gasteiger partial charge in [-0.25, -0.2) is 0 Å². The number of nitrogens with one attached hydrogen (secondary N) is 1. The Bertz CT molecular complexity index is 354. The first-order chi connectivity index (χ1) is 7.56. The summed E-state index contributed by atoms with van der Waals surface area (Å²) in [5.41, 5.74) is 2.24.